The molecule has 0 aliphatic heterocycles. The van der Waals surface area contributed by atoms with E-state index < -0.39 is 0 Å². The number of carbonyl (C=O) groups excluding carboxylic acids is 1. The van der Waals surface area contributed by atoms with Crippen molar-refractivity contribution in [2.24, 2.45) is 7.05 Å². The van der Waals surface area contributed by atoms with Crippen LogP contribution in [0.4, 0.5) is 0 Å². The van der Waals surface area contributed by atoms with Crippen LogP contribution in [0.15, 0.2) is 23.4 Å². The Morgan fingerprint density at radius 1 is 1.32 bits per heavy atom. The first-order valence-electron chi connectivity index (χ1n) is 6.90. The summed E-state index contributed by atoms with van der Waals surface area (Å²) in [5, 5.41) is 9.02. The highest BCUT2D eigenvalue weighted by Crippen LogP contribution is 2.27. The van der Waals surface area contributed by atoms with Gasteiger partial charge in [-0.15, -0.1) is 10.2 Å². The first-order chi connectivity index (χ1) is 10.7. The van der Waals surface area contributed by atoms with Gasteiger partial charge in [0.2, 0.25) is 0 Å². The minimum Gasteiger partial charge on any atom is -0.493 e. The van der Waals surface area contributed by atoms with Crippen LogP contribution in [-0.4, -0.2) is 40.5 Å². The summed E-state index contributed by atoms with van der Waals surface area (Å²) in [5.74, 6) is 3.01. The molecule has 1 aromatic heterocycles. The Morgan fingerprint density at radius 3 is 2.77 bits per heavy atom. The van der Waals surface area contributed by atoms with Crippen molar-refractivity contribution in [1.82, 2.24) is 14.8 Å². The zero-order valence-electron chi connectivity index (χ0n) is 12.9. The molecular weight excluding hydrogens is 302 g/mol. The number of nitrogens with zero attached hydrogens (tertiary/aromatic N) is 3. The largest absolute Gasteiger partial charge is 0.493 e. The minimum atomic E-state index is 0.567. The number of aromatic nitrogens is 3. The van der Waals surface area contributed by atoms with Crippen molar-refractivity contribution >= 4 is 18.0 Å². The van der Waals surface area contributed by atoms with Gasteiger partial charge in [-0.25, -0.2) is 0 Å². The molecule has 0 fully saturated rings. The number of hydrogen-bond acceptors (Lipinski definition) is 6. The molecule has 0 radical (unpaired) electrons. The monoisotopic (exact) mass is 321 g/mol. The highest BCUT2D eigenvalue weighted by molar-refractivity contribution is 7.99. The van der Waals surface area contributed by atoms with E-state index in [-0.39, 0.29) is 0 Å². The number of rotatable bonds is 8. The van der Waals surface area contributed by atoms with Gasteiger partial charge in [-0.3, -0.25) is 4.79 Å². The lowest BCUT2D eigenvalue weighted by molar-refractivity contribution is 0.112. The first kappa shape index (κ1) is 16.4. The van der Waals surface area contributed by atoms with Gasteiger partial charge in [0.25, 0.3) is 0 Å². The Hall–Kier alpha value is -2.02. The van der Waals surface area contributed by atoms with E-state index in [4.69, 9.17) is 9.47 Å². The molecule has 0 saturated carbocycles. The zero-order valence-corrected chi connectivity index (χ0v) is 13.7. The third kappa shape index (κ3) is 4.00. The van der Waals surface area contributed by atoms with Crippen molar-refractivity contribution in [3.8, 4) is 11.5 Å². The van der Waals surface area contributed by atoms with E-state index in [1.165, 1.54) is 0 Å². The standard InChI is InChI=1S/C15H19N3O3S/c1-11-16-17-15(18(11)2)22-8-4-7-21-13-6-5-12(10-19)9-14(13)20-3/h5-6,9-10H,4,7-8H2,1-3H3. The molecule has 0 N–H and O–H groups in total. The van der Waals surface area contributed by atoms with E-state index in [9.17, 15) is 4.79 Å². The lowest BCUT2D eigenvalue weighted by Gasteiger charge is -2.10. The molecule has 1 heterocycles. The summed E-state index contributed by atoms with van der Waals surface area (Å²) < 4.78 is 12.9. The lowest BCUT2D eigenvalue weighted by atomic mass is 10.2. The van der Waals surface area contributed by atoms with Crippen molar-refractivity contribution < 1.29 is 14.3 Å². The number of aldehydes is 1. The van der Waals surface area contributed by atoms with E-state index >= 15 is 0 Å². The topological polar surface area (TPSA) is 66.2 Å². The van der Waals surface area contributed by atoms with Crippen LogP contribution >= 0.6 is 11.8 Å². The molecule has 118 valence electrons. The molecule has 0 atom stereocenters. The van der Waals surface area contributed by atoms with Crippen LogP contribution in [0.25, 0.3) is 0 Å². The molecule has 1 aromatic carbocycles. The maximum Gasteiger partial charge on any atom is 0.190 e. The second kappa shape index (κ2) is 7.84. The van der Waals surface area contributed by atoms with Crippen molar-refractivity contribution in [3.63, 3.8) is 0 Å². The summed E-state index contributed by atoms with van der Waals surface area (Å²) in [5.41, 5.74) is 0.567. The third-order valence-corrected chi connectivity index (χ3v) is 4.26. The van der Waals surface area contributed by atoms with E-state index in [2.05, 4.69) is 10.2 Å². The summed E-state index contributed by atoms with van der Waals surface area (Å²) in [6.45, 7) is 2.50. The number of hydrogen-bond donors (Lipinski definition) is 0. The number of thioether (sulfide) groups is 1. The summed E-state index contributed by atoms with van der Waals surface area (Å²) in [6, 6.07) is 5.13. The molecular formula is C15H19N3O3S. The van der Waals surface area contributed by atoms with Crippen LogP contribution in [0.3, 0.4) is 0 Å². The van der Waals surface area contributed by atoms with Crippen LogP contribution in [0, 0.1) is 6.92 Å². The lowest BCUT2D eigenvalue weighted by Crippen LogP contribution is -2.02. The molecule has 0 saturated heterocycles. The Morgan fingerprint density at radius 2 is 2.14 bits per heavy atom. The van der Waals surface area contributed by atoms with Crippen molar-refractivity contribution in [1.29, 1.82) is 0 Å². The molecule has 22 heavy (non-hydrogen) atoms. The predicted molar refractivity (Wildman–Crippen MR) is 85.0 cm³/mol. The minimum absolute atomic E-state index is 0.567. The number of aryl methyl sites for hydroxylation is 1. The van der Waals surface area contributed by atoms with Gasteiger partial charge in [0.1, 0.15) is 12.1 Å². The van der Waals surface area contributed by atoms with Gasteiger partial charge in [0.05, 0.1) is 13.7 Å². The third-order valence-electron chi connectivity index (χ3n) is 3.15. The summed E-state index contributed by atoms with van der Waals surface area (Å²) in [7, 11) is 3.51. The Bertz CT molecular complexity index is 643. The molecule has 0 aliphatic carbocycles. The average molecular weight is 321 g/mol. The fourth-order valence-electron chi connectivity index (χ4n) is 1.79. The molecule has 0 aliphatic rings. The van der Waals surface area contributed by atoms with Gasteiger partial charge in [0, 0.05) is 18.4 Å². The number of ether oxygens (including phenoxy) is 2. The molecule has 0 unspecified atom stereocenters. The molecule has 0 bridgehead atoms. The van der Waals surface area contributed by atoms with E-state index in [1.54, 1.807) is 37.1 Å². The molecule has 2 rings (SSSR count). The fraction of sp³-hybridized carbons (Fsp3) is 0.400. The van der Waals surface area contributed by atoms with Crippen LogP contribution < -0.4 is 9.47 Å². The van der Waals surface area contributed by atoms with Gasteiger partial charge >= 0.3 is 0 Å². The van der Waals surface area contributed by atoms with Gasteiger partial charge < -0.3 is 14.0 Å². The molecule has 7 heteroatoms. The highest BCUT2D eigenvalue weighted by Gasteiger charge is 2.07. The summed E-state index contributed by atoms with van der Waals surface area (Å²) in [6.07, 6.45) is 1.65. The average Bonchev–Trinajstić information content (AvgIpc) is 2.86. The second-order valence-corrected chi connectivity index (χ2v) is 5.73. The van der Waals surface area contributed by atoms with Crippen LogP contribution in [0.1, 0.15) is 22.6 Å². The van der Waals surface area contributed by atoms with Gasteiger partial charge in [0.15, 0.2) is 16.7 Å². The molecule has 0 amide bonds. The highest BCUT2D eigenvalue weighted by atomic mass is 32.2. The summed E-state index contributed by atoms with van der Waals surface area (Å²) in [4.78, 5) is 10.7. The van der Waals surface area contributed by atoms with E-state index in [1.807, 2.05) is 18.5 Å². The quantitative estimate of drug-likeness (QED) is 0.423. The number of methoxy groups -OCH3 is 1. The Balaban J connectivity index is 1.79. The van der Waals surface area contributed by atoms with Gasteiger partial charge in [-0.1, -0.05) is 11.8 Å². The van der Waals surface area contributed by atoms with Crippen molar-refractivity contribution in [3.05, 3.63) is 29.6 Å². The van der Waals surface area contributed by atoms with Crippen molar-refractivity contribution in [2.45, 2.75) is 18.5 Å². The number of carbonyl (C=O) groups is 1. The van der Waals surface area contributed by atoms with Crippen LogP contribution in [0.5, 0.6) is 11.5 Å². The van der Waals surface area contributed by atoms with Crippen LogP contribution in [0.2, 0.25) is 0 Å². The van der Waals surface area contributed by atoms with E-state index in [0.29, 0.717) is 23.7 Å². The van der Waals surface area contributed by atoms with Crippen LogP contribution in [-0.2, 0) is 7.05 Å². The molecule has 0 spiro atoms. The smallest absolute Gasteiger partial charge is 0.190 e. The molecule has 2 aromatic rings. The van der Waals surface area contributed by atoms with Gasteiger partial charge in [-0.2, -0.15) is 0 Å². The first-order valence-corrected chi connectivity index (χ1v) is 7.89. The maximum atomic E-state index is 10.7. The van der Waals surface area contributed by atoms with Crippen molar-refractivity contribution in [2.75, 3.05) is 19.5 Å². The Labute approximate surface area is 133 Å². The normalized spacial score (nSPS) is 10.5. The SMILES string of the molecule is COc1cc(C=O)ccc1OCCCSc1nnc(C)n1C. The molecule has 6 nitrogen and oxygen atoms in total. The second-order valence-electron chi connectivity index (χ2n) is 4.67. The maximum absolute atomic E-state index is 10.7. The number of benzene rings is 1. The summed E-state index contributed by atoms with van der Waals surface area (Å²) >= 11 is 1.65. The predicted octanol–water partition coefficient (Wildman–Crippen LogP) is 2.51. The zero-order chi connectivity index (χ0) is 15.9. The fourth-order valence-corrected chi connectivity index (χ4v) is 2.66. The van der Waals surface area contributed by atoms with Gasteiger partial charge in [-0.05, 0) is 31.5 Å². The van der Waals surface area contributed by atoms with E-state index in [0.717, 1.165) is 29.4 Å². The Kier molecular flexibility index (Phi) is 5.83.